The molecule has 784 valence electrons. The molecule has 0 spiro atoms. The van der Waals surface area contributed by atoms with Crippen molar-refractivity contribution in [1.82, 2.24) is 0 Å². The third-order valence-corrected chi connectivity index (χ3v) is 26.1. The number of hydrogen-bond acceptors (Lipinski definition) is 55. The van der Waals surface area contributed by atoms with Gasteiger partial charge in [-0.15, -0.1) is 0 Å². The highest BCUT2D eigenvalue weighted by atomic mass is 16.8. The van der Waals surface area contributed by atoms with E-state index in [1.807, 2.05) is 0 Å². The van der Waals surface area contributed by atoms with Crippen LogP contribution >= 0.6 is 0 Å². The van der Waals surface area contributed by atoms with Crippen molar-refractivity contribution in [2.45, 2.75) is 372 Å². The van der Waals surface area contributed by atoms with Gasteiger partial charge in [0, 0.05) is 43.1 Å². The van der Waals surface area contributed by atoms with Crippen molar-refractivity contribution in [3.63, 3.8) is 0 Å². The van der Waals surface area contributed by atoms with Gasteiger partial charge in [0.15, 0.2) is 50.3 Å². The number of hydrogen-bond donors (Lipinski definition) is 36. The standard InChI is InChI=1S/C77H136N2O55/c1-21-25(5)117-35(17-86)57(41(21)96)126-68-22(2)42(97)56(36(18-87)121-68)124-66(110)52(107)55(125-73-65(51(106)48(103)32(14-83)120-73)130-70-24(4)44(99)59(38(20-89)123-70)128-72-54(109)63(50(105)34(16-85)119-72)134-77(75(114)115)11-29(93)40(79)61(132-77)47(102)31(95)13-82)27(91)7-9-116-67(111)64(45(100)26(90)6-8-80)129-69-23(3)43(98)58(37(19-88)122-69)127-71-53(108)62(49(104)33(15-84)118-71)133-76(74(112)113)10-28(92)39(78)60(131-76)46(101)30(94)12-81/h21-73,80-111H,6-20,78-79H2,1-5H3,(H,112,113)(H,114,115)/t21-,22+,23?,24+,25+,26-,27-,28-,29-,30-,31-,32-,33?,34?,35?,36?,37+,38?,39-,40-,41?,42?,43?,44?,45?,46-,47-,48-,49+,50+,51?,52-,53?,54+,55?,56-,57-,58-,59-,60?,61?,62?,63?,64-,65?,66+,67-,68+,69+,70+,71+,72+,73-,76+,77+/m1/s1. The second-order valence-corrected chi connectivity index (χ2v) is 35.2. The lowest BCUT2D eigenvalue weighted by atomic mass is 9.88. The Hall–Kier alpha value is -3.18. The van der Waals surface area contributed by atoms with E-state index in [9.17, 15) is 183 Å². The van der Waals surface area contributed by atoms with Gasteiger partial charge in [-0.3, -0.25) is 0 Å². The first kappa shape index (κ1) is 114. The predicted octanol–water partition coefficient (Wildman–Crippen LogP) is -20.5. The fourth-order valence-corrected chi connectivity index (χ4v) is 17.4. The number of rotatable bonds is 45. The van der Waals surface area contributed by atoms with Crippen LogP contribution in [0.1, 0.15) is 60.3 Å². The molecule has 0 aromatic carbocycles. The van der Waals surface area contributed by atoms with E-state index < -0.39 is 446 Å². The van der Waals surface area contributed by atoms with Gasteiger partial charge in [0.2, 0.25) is 0 Å². The molecule has 19 unspecified atom stereocenters. The Morgan fingerprint density at radius 2 is 0.709 bits per heavy atom. The lowest BCUT2D eigenvalue weighted by Crippen LogP contribution is -2.70. The zero-order valence-corrected chi connectivity index (χ0v) is 73.1. The Morgan fingerprint density at radius 3 is 1.13 bits per heavy atom. The van der Waals surface area contributed by atoms with Crippen molar-refractivity contribution < 1.29 is 273 Å². The summed E-state index contributed by atoms with van der Waals surface area (Å²) in [4.78, 5) is 26.1. The minimum absolute atomic E-state index is 0.588. The van der Waals surface area contributed by atoms with E-state index in [1.165, 1.54) is 13.8 Å². The van der Waals surface area contributed by atoms with Gasteiger partial charge in [0.1, 0.15) is 183 Å². The molecule has 55 atom stereocenters. The van der Waals surface area contributed by atoms with Gasteiger partial charge >= 0.3 is 11.9 Å². The third kappa shape index (κ3) is 25.1. The highest BCUT2D eigenvalue weighted by Crippen LogP contribution is 2.45. The summed E-state index contributed by atoms with van der Waals surface area (Å²) in [5.74, 6) is -15.6. The first-order valence-electron chi connectivity index (χ1n) is 43.6. The molecule has 0 aromatic rings. The van der Waals surface area contributed by atoms with Gasteiger partial charge in [0.25, 0.3) is 11.6 Å². The second kappa shape index (κ2) is 49.9. The van der Waals surface area contributed by atoms with E-state index in [0.29, 0.717) is 0 Å². The largest absolute Gasteiger partial charge is 0.477 e. The first-order valence-corrected chi connectivity index (χ1v) is 43.6. The van der Waals surface area contributed by atoms with Crippen LogP contribution in [0.15, 0.2) is 0 Å². The van der Waals surface area contributed by atoms with Crippen LogP contribution in [0.3, 0.4) is 0 Å². The van der Waals surface area contributed by atoms with Gasteiger partial charge in [0.05, 0.1) is 133 Å². The van der Waals surface area contributed by atoms with Crippen molar-refractivity contribution in [2.24, 2.45) is 35.1 Å². The van der Waals surface area contributed by atoms with E-state index in [-0.39, 0.29) is 0 Å². The lowest BCUT2D eigenvalue weighted by Gasteiger charge is -2.51. The van der Waals surface area contributed by atoms with Crippen LogP contribution in [0.4, 0.5) is 0 Å². The monoisotopic (exact) mass is 1970 g/mol. The summed E-state index contributed by atoms with van der Waals surface area (Å²) < 4.78 is 111. The molecule has 9 fully saturated rings. The number of carboxylic acid groups (broad SMARTS) is 2. The number of ether oxygens (including phenoxy) is 19. The van der Waals surface area contributed by atoms with E-state index >= 15 is 0 Å². The van der Waals surface area contributed by atoms with Crippen molar-refractivity contribution in [3.05, 3.63) is 0 Å². The molecule has 0 saturated carbocycles. The van der Waals surface area contributed by atoms with Crippen molar-refractivity contribution >= 4 is 11.9 Å². The zero-order chi connectivity index (χ0) is 99.8. The van der Waals surface area contributed by atoms with Crippen molar-refractivity contribution in [1.29, 1.82) is 0 Å². The molecule has 9 rings (SSSR count). The average Bonchev–Trinajstić information content (AvgIpc) is 0.851. The van der Waals surface area contributed by atoms with Crippen LogP contribution in [0.5, 0.6) is 0 Å². The molecule has 9 aliphatic rings. The summed E-state index contributed by atoms with van der Waals surface area (Å²) in [5.41, 5.74) is 12.0. The summed E-state index contributed by atoms with van der Waals surface area (Å²) in [6.45, 7) is -4.94. The van der Waals surface area contributed by atoms with Gasteiger partial charge in [-0.2, -0.15) is 0 Å². The van der Waals surface area contributed by atoms with Crippen LogP contribution < -0.4 is 11.5 Å². The normalized spacial score (nSPS) is 46.0. The minimum Gasteiger partial charge on any atom is -0.477 e. The molecule has 9 aliphatic heterocycles. The molecule has 134 heavy (non-hydrogen) atoms. The summed E-state index contributed by atoms with van der Waals surface area (Å²) in [7, 11) is 0. The van der Waals surface area contributed by atoms with Crippen LogP contribution in [0, 0.1) is 23.7 Å². The molecule has 0 aromatic heterocycles. The van der Waals surface area contributed by atoms with Gasteiger partial charge in [-0.05, 0) is 19.8 Å². The lowest BCUT2D eigenvalue weighted by molar-refractivity contribution is -0.395. The molecular weight excluding hydrogens is 1830 g/mol. The smallest absolute Gasteiger partial charge is 0.364 e. The molecular formula is C77H136N2O55. The predicted molar refractivity (Wildman–Crippen MR) is 421 cm³/mol. The molecule has 38 N–H and O–H groups in total. The fraction of sp³-hybridized carbons (Fsp3) is 0.974. The number of aliphatic hydroxyl groups excluding tert-OH is 32. The summed E-state index contributed by atoms with van der Waals surface area (Å²) in [6.07, 6.45) is -101. The van der Waals surface area contributed by atoms with Crippen LogP contribution in [0.25, 0.3) is 0 Å². The van der Waals surface area contributed by atoms with Crippen molar-refractivity contribution in [2.75, 3.05) is 72.7 Å². The van der Waals surface area contributed by atoms with E-state index in [4.69, 9.17) is 101 Å². The average molecular weight is 1970 g/mol. The van der Waals surface area contributed by atoms with Gasteiger partial charge in [-0.25, -0.2) is 9.59 Å². The topological polar surface area (TPSA) is 949 Å². The maximum Gasteiger partial charge on any atom is 0.364 e. The van der Waals surface area contributed by atoms with E-state index in [1.54, 1.807) is 13.8 Å². The SMILES string of the molecule is CC1C(O)[C@H](O[C@@H]2OC(CO)[C@H](O)C(O[C@]3(C(=O)O)C[C@@H](O)[C@@H](N)C([C@H](O)[C@H](O)CO)O3)C2O)[C@H](CO)O[C@H]1O[C@H](C(O)[C@H](O)CCO)[C@H](O)OCC[C@@H](O)C(O[C@H]1O[C@H](CO)[C@@H](O)C(O)C1O[C@@H]1OC(CO)[C@@H](O[C@@H]2OC(CO)[C@H](O)C(O[C@]3(C(=O)O)C[C@@H](O)[C@@H](N)C([C@H](O)[C@H](O)CO)O3)[C@@H]2O)C(O)[C@@H]1C)[C@@H](O)[C@@H](O)O[C@@H]1C(CO)O[C@@H](O[C@@H]2C(CO)O[C@@H](C)[C@@H](C)C2O)[C@@H](C)C1O. The van der Waals surface area contributed by atoms with E-state index in [2.05, 4.69) is 0 Å². The number of carboxylic acids is 2. The van der Waals surface area contributed by atoms with E-state index in [0.717, 1.165) is 6.92 Å². The molecule has 0 radical (unpaired) electrons. The Morgan fingerprint density at radius 1 is 0.351 bits per heavy atom. The fourth-order valence-electron chi connectivity index (χ4n) is 17.4. The summed E-state index contributed by atoms with van der Waals surface area (Å²) >= 11 is 0. The van der Waals surface area contributed by atoms with Crippen LogP contribution in [-0.4, -0.2) is 570 Å². The molecule has 57 heteroatoms. The molecule has 0 aliphatic carbocycles. The van der Waals surface area contributed by atoms with Gasteiger partial charge < -0.3 is 275 Å². The second-order valence-electron chi connectivity index (χ2n) is 35.2. The minimum atomic E-state index is -3.20. The Labute approximate surface area is 763 Å². The maximum absolute atomic E-state index is 13.1. The molecule has 57 nitrogen and oxygen atoms in total. The van der Waals surface area contributed by atoms with Crippen molar-refractivity contribution in [3.8, 4) is 0 Å². The molecule has 0 amide bonds. The Balaban J connectivity index is 0.964. The number of nitrogens with two attached hydrogens (primary N) is 2. The third-order valence-electron chi connectivity index (χ3n) is 26.1. The maximum atomic E-state index is 13.1. The number of aliphatic hydroxyl groups is 32. The number of aliphatic carboxylic acids is 2. The Bertz CT molecular complexity index is 3500. The van der Waals surface area contributed by atoms with Gasteiger partial charge in [-0.1, -0.05) is 27.7 Å². The summed E-state index contributed by atoms with van der Waals surface area (Å²) in [5, 5.41) is 377. The molecule has 0 bridgehead atoms. The highest BCUT2D eigenvalue weighted by Gasteiger charge is 2.64. The molecule has 9 saturated heterocycles. The summed E-state index contributed by atoms with van der Waals surface area (Å²) in [6, 6.07) is -3.34. The first-order chi connectivity index (χ1) is 63.1. The highest BCUT2D eigenvalue weighted by molar-refractivity contribution is 5.76. The van der Waals surface area contributed by atoms with Crippen LogP contribution in [0.2, 0.25) is 0 Å². The quantitative estimate of drug-likeness (QED) is 0.0252. The number of carbonyl (C=O) groups is 2. The Kier molecular flexibility index (Phi) is 42.6. The zero-order valence-electron chi connectivity index (χ0n) is 73.1. The van der Waals surface area contributed by atoms with Crippen LogP contribution in [-0.2, 0) is 99.6 Å². The molecule has 9 heterocycles.